The molecule has 0 spiro atoms. The quantitative estimate of drug-likeness (QED) is 0.583. The summed E-state index contributed by atoms with van der Waals surface area (Å²) in [6.07, 6.45) is 0. The molecule has 3 rings (SSSR count). The Hall–Kier alpha value is -2.57. The second-order valence-electron chi connectivity index (χ2n) is 5.95. The van der Waals surface area contributed by atoms with Crippen LogP contribution in [0.25, 0.3) is 0 Å². The third-order valence-electron chi connectivity index (χ3n) is 3.93. The van der Waals surface area contributed by atoms with Crippen molar-refractivity contribution in [1.29, 1.82) is 0 Å². The molecular formula is C21H20ClNO4S. The molecule has 1 N–H and O–H groups in total. The summed E-state index contributed by atoms with van der Waals surface area (Å²) in [5.74, 6) is 1.25. The van der Waals surface area contributed by atoms with Gasteiger partial charge in [0, 0.05) is 6.54 Å². The van der Waals surface area contributed by atoms with Crippen LogP contribution < -0.4 is 10.1 Å². The first-order chi connectivity index (χ1) is 13.6. The maximum absolute atomic E-state index is 12.5. The molecule has 0 unspecified atom stereocenters. The van der Waals surface area contributed by atoms with Crippen LogP contribution in [0.2, 0.25) is 5.02 Å². The van der Waals surface area contributed by atoms with E-state index in [1.54, 1.807) is 36.4 Å². The lowest BCUT2D eigenvalue weighted by atomic mass is 10.2. The number of halogens is 1. The van der Waals surface area contributed by atoms with Crippen molar-refractivity contribution in [2.75, 3.05) is 6.61 Å². The van der Waals surface area contributed by atoms with Crippen LogP contribution in [0.15, 0.2) is 70.0 Å². The second kappa shape index (κ2) is 9.57. The first kappa shape index (κ1) is 20.2. The van der Waals surface area contributed by atoms with Crippen LogP contribution in [-0.2, 0) is 23.1 Å². The maximum Gasteiger partial charge on any atom is 0.287 e. The Morgan fingerprint density at radius 2 is 1.86 bits per heavy atom. The molecule has 7 heteroatoms. The number of rotatable bonds is 8. The summed E-state index contributed by atoms with van der Waals surface area (Å²) in [6, 6.07) is 17.7. The van der Waals surface area contributed by atoms with Gasteiger partial charge in [-0.25, -0.2) is 0 Å². The minimum Gasteiger partial charge on any atom is -0.494 e. The first-order valence-corrected chi connectivity index (χ1v) is 10.5. The van der Waals surface area contributed by atoms with Crippen LogP contribution in [0.1, 0.15) is 28.8 Å². The number of carbonyl (C=O) groups excluding carboxylic acids is 1. The Kier molecular flexibility index (Phi) is 6.90. The Labute approximate surface area is 171 Å². The van der Waals surface area contributed by atoms with E-state index in [9.17, 15) is 9.00 Å². The number of nitrogens with one attached hydrogen (secondary N) is 1. The van der Waals surface area contributed by atoms with Gasteiger partial charge in [0.25, 0.3) is 5.91 Å². The van der Waals surface area contributed by atoms with Crippen molar-refractivity contribution >= 4 is 28.3 Å². The summed E-state index contributed by atoms with van der Waals surface area (Å²) in [5.41, 5.74) is 0.948. The van der Waals surface area contributed by atoms with Gasteiger partial charge in [-0.05, 0) is 48.9 Å². The van der Waals surface area contributed by atoms with Gasteiger partial charge in [0.15, 0.2) is 5.76 Å². The predicted octanol–water partition coefficient (Wildman–Crippen LogP) is 4.57. The number of amides is 1. The first-order valence-electron chi connectivity index (χ1n) is 8.78. The number of hydrogen-bond acceptors (Lipinski definition) is 4. The largest absolute Gasteiger partial charge is 0.494 e. The topological polar surface area (TPSA) is 68.5 Å². The molecule has 146 valence electrons. The number of carbonyl (C=O) groups is 1. The van der Waals surface area contributed by atoms with Gasteiger partial charge >= 0.3 is 0 Å². The van der Waals surface area contributed by atoms with E-state index < -0.39 is 10.8 Å². The fraction of sp³-hybridized carbons (Fsp3) is 0.190. The Morgan fingerprint density at radius 3 is 2.57 bits per heavy atom. The highest BCUT2D eigenvalue weighted by Gasteiger charge is 2.15. The summed E-state index contributed by atoms with van der Waals surface area (Å²) in [5, 5.41) is 3.25. The minimum atomic E-state index is -1.35. The van der Waals surface area contributed by atoms with E-state index in [-0.39, 0.29) is 17.4 Å². The minimum absolute atomic E-state index is 0.149. The van der Waals surface area contributed by atoms with E-state index in [1.807, 2.05) is 31.2 Å². The van der Waals surface area contributed by atoms with Crippen molar-refractivity contribution < 1.29 is 18.2 Å². The summed E-state index contributed by atoms with van der Waals surface area (Å²) in [6.45, 7) is 2.90. The summed E-state index contributed by atoms with van der Waals surface area (Å²) in [4.78, 5) is 12.8. The molecule has 0 aliphatic carbocycles. The summed E-state index contributed by atoms with van der Waals surface area (Å²) in [7, 11) is -1.35. The maximum atomic E-state index is 12.5. The van der Waals surface area contributed by atoms with Gasteiger partial charge in [0.05, 0.1) is 33.1 Å². The van der Waals surface area contributed by atoms with Gasteiger partial charge < -0.3 is 14.5 Å². The molecule has 0 bridgehead atoms. The van der Waals surface area contributed by atoms with Gasteiger partial charge in [-0.1, -0.05) is 35.9 Å². The highest BCUT2D eigenvalue weighted by atomic mass is 35.5. The Morgan fingerprint density at radius 1 is 1.11 bits per heavy atom. The van der Waals surface area contributed by atoms with Crippen LogP contribution in [0.5, 0.6) is 5.75 Å². The normalized spacial score (nSPS) is 11.8. The zero-order valence-electron chi connectivity index (χ0n) is 15.3. The van der Waals surface area contributed by atoms with Crippen molar-refractivity contribution in [3.05, 3.63) is 82.8 Å². The fourth-order valence-electron chi connectivity index (χ4n) is 2.55. The predicted molar refractivity (Wildman–Crippen MR) is 109 cm³/mol. The molecule has 1 heterocycles. The van der Waals surface area contributed by atoms with Gasteiger partial charge in [-0.15, -0.1) is 0 Å². The molecule has 1 atom stereocenters. The number of ether oxygens (including phenoxy) is 1. The van der Waals surface area contributed by atoms with E-state index in [2.05, 4.69) is 5.32 Å². The second-order valence-corrected chi connectivity index (χ2v) is 7.77. The van der Waals surface area contributed by atoms with E-state index >= 15 is 0 Å². The van der Waals surface area contributed by atoms with Gasteiger partial charge in [0.1, 0.15) is 11.5 Å². The average Bonchev–Trinajstić information content (AvgIpc) is 3.16. The van der Waals surface area contributed by atoms with Crippen molar-refractivity contribution in [1.82, 2.24) is 5.32 Å². The van der Waals surface area contributed by atoms with Gasteiger partial charge in [-0.3, -0.25) is 9.00 Å². The molecular weight excluding hydrogens is 398 g/mol. The molecule has 28 heavy (non-hydrogen) atoms. The standard InChI is InChI=1S/C21H20ClNO4S/c1-2-26-16-9-7-15(8-10-16)13-23-21(24)19-12-11-17(27-19)14-28(25)20-6-4-3-5-18(20)22/h3-12H,2,13-14H2,1H3,(H,23,24)/t28-/m1/s1. The van der Waals surface area contributed by atoms with E-state index in [1.165, 1.54) is 0 Å². The monoisotopic (exact) mass is 417 g/mol. The Bertz CT molecular complexity index is 969. The van der Waals surface area contributed by atoms with E-state index in [0.29, 0.717) is 28.8 Å². The third kappa shape index (κ3) is 5.24. The molecule has 0 aliphatic heterocycles. The highest BCUT2D eigenvalue weighted by molar-refractivity contribution is 7.84. The van der Waals surface area contributed by atoms with Gasteiger partial charge in [0.2, 0.25) is 0 Å². The summed E-state index contributed by atoms with van der Waals surface area (Å²) >= 11 is 6.07. The Balaban J connectivity index is 1.56. The van der Waals surface area contributed by atoms with E-state index in [0.717, 1.165) is 11.3 Å². The molecule has 0 fully saturated rings. The third-order valence-corrected chi connectivity index (χ3v) is 5.76. The van der Waals surface area contributed by atoms with Crippen LogP contribution in [-0.4, -0.2) is 16.7 Å². The molecule has 5 nitrogen and oxygen atoms in total. The molecule has 1 amide bonds. The lowest BCUT2D eigenvalue weighted by molar-refractivity contribution is 0.0921. The van der Waals surface area contributed by atoms with Crippen molar-refractivity contribution in [3.63, 3.8) is 0 Å². The highest BCUT2D eigenvalue weighted by Crippen LogP contribution is 2.22. The lowest BCUT2D eigenvalue weighted by Crippen LogP contribution is -2.22. The van der Waals surface area contributed by atoms with Crippen LogP contribution in [0.3, 0.4) is 0 Å². The zero-order valence-corrected chi connectivity index (χ0v) is 16.9. The molecule has 0 aliphatic rings. The van der Waals surface area contributed by atoms with Crippen LogP contribution >= 0.6 is 11.6 Å². The van der Waals surface area contributed by atoms with Crippen molar-refractivity contribution in [2.24, 2.45) is 0 Å². The molecule has 0 saturated carbocycles. The van der Waals surface area contributed by atoms with Crippen molar-refractivity contribution in [2.45, 2.75) is 24.1 Å². The molecule has 3 aromatic rings. The van der Waals surface area contributed by atoms with Gasteiger partial charge in [-0.2, -0.15) is 0 Å². The molecule has 1 aromatic heterocycles. The van der Waals surface area contributed by atoms with Crippen molar-refractivity contribution in [3.8, 4) is 5.75 Å². The fourth-order valence-corrected chi connectivity index (χ4v) is 4.03. The molecule has 0 saturated heterocycles. The lowest BCUT2D eigenvalue weighted by Gasteiger charge is -2.06. The summed E-state index contributed by atoms with van der Waals surface area (Å²) < 4.78 is 23.4. The number of hydrogen-bond donors (Lipinski definition) is 1. The smallest absolute Gasteiger partial charge is 0.287 e. The zero-order chi connectivity index (χ0) is 19.9. The van der Waals surface area contributed by atoms with E-state index in [4.69, 9.17) is 20.8 Å². The number of furan rings is 1. The van der Waals surface area contributed by atoms with Crippen LogP contribution in [0.4, 0.5) is 0 Å². The average molecular weight is 418 g/mol. The number of benzene rings is 2. The SMILES string of the molecule is CCOc1ccc(CNC(=O)c2ccc(C[S@@](=O)c3ccccc3Cl)o2)cc1. The molecule has 2 aromatic carbocycles. The molecule has 0 radical (unpaired) electrons. The van der Waals surface area contributed by atoms with Crippen LogP contribution in [0, 0.1) is 0 Å².